The topological polar surface area (TPSA) is 30.7 Å². The maximum atomic E-state index is 13.7. The highest BCUT2D eigenvalue weighted by Crippen LogP contribution is 2.30. The highest BCUT2D eigenvalue weighted by molar-refractivity contribution is 6.33. The van der Waals surface area contributed by atoms with Crippen LogP contribution in [0.1, 0.15) is 19.9 Å². The summed E-state index contributed by atoms with van der Waals surface area (Å²) in [4.78, 5) is 0. The number of hydrogen-bond acceptors (Lipinski definition) is 2. The zero-order valence-electron chi connectivity index (χ0n) is 8.98. The number of aromatic nitrogens is 3. The Morgan fingerprint density at radius 3 is 2.75 bits per heavy atom. The van der Waals surface area contributed by atoms with Gasteiger partial charge in [0.1, 0.15) is 12.1 Å². The quantitative estimate of drug-likeness (QED) is 0.805. The van der Waals surface area contributed by atoms with Gasteiger partial charge in [-0.05, 0) is 26.0 Å². The zero-order valence-corrected chi connectivity index (χ0v) is 9.74. The van der Waals surface area contributed by atoms with E-state index in [2.05, 4.69) is 10.2 Å². The molecule has 0 atom stereocenters. The predicted octanol–water partition coefficient (Wildman–Crippen LogP) is 3.32. The van der Waals surface area contributed by atoms with Gasteiger partial charge in [0.05, 0.1) is 10.6 Å². The van der Waals surface area contributed by atoms with E-state index in [0.717, 1.165) is 0 Å². The summed E-state index contributed by atoms with van der Waals surface area (Å²) in [7, 11) is 0. The molecule has 0 fully saturated rings. The molecule has 0 aliphatic heterocycles. The second-order valence-corrected chi connectivity index (χ2v) is 4.16. The summed E-state index contributed by atoms with van der Waals surface area (Å²) in [6.45, 7) is 3.95. The van der Waals surface area contributed by atoms with Crippen molar-refractivity contribution in [3.05, 3.63) is 35.4 Å². The van der Waals surface area contributed by atoms with Gasteiger partial charge in [-0.25, -0.2) is 4.39 Å². The van der Waals surface area contributed by atoms with Crippen LogP contribution in [0.25, 0.3) is 11.4 Å². The van der Waals surface area contributed by atoms with Crippen molar-refractivity contribution in [1.29, 1.82) is 0 Å². The SMILES string of the molecule is CC(C)n1cnnc1-c1c(F)cccc1Cl. The van der Waals surface area contributed by atoms with Gasteiger partial charge in [-0.15, -0.1) is 10.2 Å². The normalized spacial score (nSPS) is 11.1. The first kappa shape index (κ1) is 11.1. The Bertz CT molecular complexity index is 487. The maximum absolute atomic E-state index is 13.7. The Morgan fingerprint density at radius 1 is 1.38 bits per heavy atom. The molecular formula is C11H11ClFN3. The van der Waals surface area contributed by atoms with Gasteiger partial charge in [-0.1, -0.05) is 17.7 Å². The molecule has 0 amide bonds. The average Bonchev–Trinajstić information content (AvgIpc) is 2.66. The predicted molar refractivity (Wildman–Crippen MR) is 60.8 cm³/mol. The van der Waals surface area contributed by atoms with E-state index in [1.165, 1.54) is 6.07 Å². The number of benzene rings is 1. The monoisotopic (exact) mass is 239 g/mol. The molecule has 0 radical (unpaired) electrons. The third kappa shape index (κ3) is 1.80. The minimum Gasteiger partial charge on any atom is -0.311 e. The van der Waals surface area contributed by atoms with Crippen molar-refractivity contribution in [2.75, 3.05) is 0 Å². The van der Waals surface area contributed by atoms with E-state index in [-0.39, 0.29) is 11.9 Å². The summed E-state index contributed by atoms with van der Waals surface area (Å²) in [6, 6.07) is 4.72. The van der Waals surface area contributed by atoms with Crippen molar-refractivity contribution >= 4 is 11.6 Å². The maximum Gasteiger partial charge on any atom is 0.168 e. The summed E-state index contributed by atoms with van der Waals surface area (Å²) in [5, 5.41) is 8.05. The molecule has 0 bridgehead atoms. The standard InChI is InChI=1S/C11H11ClFN3/c1-7(2)16-6-14-15-11(16)10-8(12)4-3-5-9(10)13/h3-7H,1-2H3. The van der Waals surface area contributed by atoms with Gasteiger partial charge in [0.15, 0.2) is 5.82 Å². The van der Waals surface area contributed by atoms with Crippen LogP contribution in [0.5, 0.6) is 0 Å². The Balaban J connectivity index is 2.63. The van der Waals surface area contributed by atoms with E-state index in [0.29, 0.717) is 16.4 Å². The molecule has 0 aliphatic carbocycles. The van der Waals surface area contributed by atoms with Crippen LogP contribution in [0.3, 0.4) is 0 Å². The van der Waals surface area contributed by atoms with Gasteiger partial charge < -0.3 is 4.57 Å². The Morgan fingerprint density at radius 2 is 2.12 bits per heavy atom. The molecule has 0 N–H and O–H groups in total. The number of hydrogen-bond donors (Lipinski definition) is 0. The highest BCUT2D eigenvalue weighted by atomic mass is 35.5. The van der Waals surface area contributed by atoms with Crippen LogP contribution in [0.4, 0.5) is 4.39 Å². The summed E-state index contributed by atoms with van der Waals surface area (Å²) in [5.41, 5.74) is 0.301. The molecule has 16 heavy (non-hydrogen) atoms. The fourth-order valence-electron chi connectivity index (χ4n) is 1.51. The van der Waals surface area contributed by atoms with E-state index in [1.807, 2.05) is 13.8 Å². The van der Waals surface area contributed by atoms with Crippen LogP contribution < -0.4 is 0 Å². The van der Waals surface area contributed by atoms with Crippen molar-refractivity contribution in [1.82, 2.24) is 14.8 Å². The first-order chi connectivity index (χ1) is 7.61. The largest absolute Gasteiger partial charge is 0.311 e. The van der Waals surface area contributed by atoms with E-state index < -0.39 is 0 Å². The Kier molecular flexibility index (Phi) is 2.92. The third-order valence-electron chi connectivity index (χ3n) is 2.32. The van der Waals surface area contributed by atoms with Crippen molar-refractivity contribution < 1.29 is 4.39 Å². The van der Waals surface area contributed by atoms with Gasteiger partial charge in [-0.2, -0.15) is 0 Å². The Labute approximate surface area is 97.9 Å². The smallest absolute Gasteiger partial charge is 0.168 e. The Hall–Kier alpha value is -1.42. The molecule has 1 heterocycles. The molecule has 5 heteroatoms. The van der Waals surface area contributed by atoms with Crippen molar-refractivity contribution in [3.8, 4) is 11.4 Å². The number of nitrogens with zero attached hydrogens (tertiary/aromatic N) is 3. The molecule has 3 nitrogen and oxygen atoms in total. The fraction of sp³-hybridized carbons (Fsp3) is 0.273. The molecule has 84 valence electrons. The van der Waals surface area contributed by atoms with Crippen LogP contribution >= 0.6 is 11.6 Å². The van der Waals surface area contributed by atoms with Crippen LogP contribution in [0.15, 0.2) is 24.5 Å². The summed E-state index contributed by atoms with van der Waals surface area (Å²) >= 11 is 5.98. The highest BCUT2D eigenvalue weighted by Gasteiger charge is 2.16. The lowest BCUT2D eigenvalue weighted by molar-refractivity contribution is 0.594. The van der Waals surface area contributed by atoms with Gasteiger partial charge in [0, 0.05) is 6.04 Å². The number of halogens is 2. The molecule has 0 spiro atoms. The molecular weight excluding hydrogens is 229 g/mol. The van der Waals surface area contributed by atoms with Crippen LogP contribution in [-0.4, -0.2) is 14.8 Å². The van der Waals surface area contributed by atoms with Gasteiger partial charge in [0.2, 0.25) is 0 Å². The van der Waals surface area contributed by atoms with Gasteiger partial charge in [0.25, 0.3) is 0 Å². The van der Waals surface area contributed by atoms with Crippen LogP contribution in [0, 0.1) is 5.82 Å². The molecule has 1 aromatic heterocycles. The second-order valence-electron chi connectivity index (χ2n) is 3.75. The number of rotatable bonds is 2. The zero-order chi connectivity index (χ0) is 11.7. The molecule has 1 aromatic carbocycles. The molecule has 0 saturated carbocycles. The van der Waals surface area contributed by atoms with Crippen LogP contribution in [-0.2, 0) is 0 Å². The first-order valence-electron chi connectivity index (χ1n) is 4.95. The minimum atomic E-state index is -0.387. The van der Waals surface area contributed by atoms with E-state index in [9.17, 15) is 4.39 Å². The first-order valence-corrected chi connectivity index (χ1v) is 5.33. The van der Waals surface area contributed by atoms with Crippen molar-refractivity contribution in [2.45, 2.75) is 19.9 Å². The fourth-order valence-corrected chi connectivity index (χ4v) is 1.76. The molecule has 2 aromatic rings. The molecule has 0 unspecified atom stereocenters. The average molecular weight is 240 g/mol. The molecule has 0 aliphatic rings. The summed E-state index contributed by atoms with van der Waals surface area (Å²) in [6.07, 6.45) is 1.57. The van der Waals surface area contributed by atoms with Crippen LogP contribution in [0.2, 0.25) is 5.02 Å². The van der Waals surface area contributed by atoms with Gasteiger partial charge >= 0.3 is 0 Å². The van der Waals surface area contributed by atoms with E-state index in [1.54, 1.807) is 23.0 Å². The lowest BCUT2D eigenvalue weighted by Gasteiger charge is -2.11. The van der Waals surface area contributed by atoms with Crippen molar-refractivity contribution in [3.63, 3.8) is 0 Å². The molecule has 0 saturated heterocycles. The summed E-state index contributed by atoms with van der Waals surface area (Å²) in [5.74, 6) is 0.0699. The third-order valence-corrected chi connectivity index (χ3v) is 2.63. The second kappa shape index (κ2) is 4.22. The van der Waals surface area contributed by atoms with Gasteiger partial charge in [-0.3, -0.25) is 0 Å². The summed E-state index contributed by atoms with van der Waals surface area (Å²) < 4.78 is 15.5. The lowest BCUT2D eigenvalue weighted by atomic mass is 10.2. The van der Waals surface area contributed by atoms with E-state index in [4.69, 9.17) is 11.6 Å². The van der Waals surface area contributed by atoms with Crippen molar-refractivity contribution in [2.24, 2.45) is 0 Å². The molecule has 2 rings (SSSR count). The minimum absolute atomic E-state index is 0.153. The lowest BCUT2D eigenvalue weighted by Crippen LogP contribution is -2.03. The van der Waals surface area contributed by atoms with E-state index >= 15 is 0 Å².